The van der Waals surface area contributed by atoms with Crippen LogP contribution >= 0.6 is 23.2 Å². The minimum atomic E-state index is 0.316. The molecule has 1 aromatic carbocycles. The number of rotatable bonds is 6. The maximum Gasteiger partial charge on any atom is 0.165 e. The smallest absolute Gasteiger partial charge is 0.165 e. The van der Waals surface area contributed by atoms with Gasteiger partial charge in [-0.1, -0.05) is 23.2 Å². The Morgan fingerprint density at radius 3 is 2.71 bits per heavy atom. The molecule has 6 heteroatoms. The molecule has 0 aliphatic carbocycles. The summed E-state index contributed by atoms with van der Waals surface area (Å²) in [6, 6.07) is 5.36. The fourth-order valence-corrected chi connectivity index (χ4v) is 2.36. The molecule has 0 bridgehead atoms. The van der Waals surface area contributed by atoms with Gasteiger partial charge in [0.05, 0.1) is 12.1 Å². The molecule has 0 saturated carbocycles. The Morgan fingerprint density at radius 1 is 1.24 bits per heavy atom. The highest BCUT2D eigenvalue weighted by molar-refractivity contribution is 6.31. The average molecular weight is 327 g/mol. The monoisotopic (exact) mass is 326 g/mol. The van der Waals surface area contributed by atoms with Crippen LogP contribution in [-0.4, -0.2) is 18.6 Å². The summed E-state index contributed by atoms with van der Waals surface area (Å²) in [7, 11) is 1.57. The molecule has 4 nitrogen and oxygen atoms in total. The molecule has 112 valence electrons. The van der Waals surface area contributed by atoms with Gasteiger partial charge in [-0.15, -0.1) is 0 Å². The lowest BCUT2D eigenvalue weighted by molar-refractivity contribution is 0.281. The second-order valence-corrected chi connectivity index (χ2v) is 5.23. The molecule has 1 heterocycles. The third-order valence-corrected chi connectivity index (χ3v) is 3.52. The van der Waals surface area contributed by atoms with Crippen LogP contribution in [0.4, 0.5) is 0 Å². The number of benzene rings is 1. The van der Waals surface area contributed by atoms with Crippen LogP contribution in [0.2, 0.25) is 10.0 Å². The molecule has 2 rings (SSSR count). The van der Waals surface area contributed by atoms with E-state index in [2.05, 4.69) is 4.98 Å². The maximum atomic E-state index is 6.08. The molecule has 2 N–H and O–H groups in total. The summed E-state index contributed by atoms with van der Waals surface area (Å²) in [4.78, 5) is 3.95. The van der Waals surface area contributed by atoms with Crippen molar-refractivity contribution < 1.29 is 9.47 Å². The first-order valence-electron chi connectivity index (χ1n) is 6.43. The van der Waals surface area contributed by atoms with Gasteiger partial charge in [-0.3, -0.25) is 4.98 Å². The molecule has 0 amide bonds. The molecule has 0 fully saturated rings. The fraction of sp³-hybridized carbons (Fsp3) is 0.267. The minimum absolute atomic E-state index is 0.316. The number of nitrogens with zero attached hydrogens (tertiary/aromatic N) is 1. The van der Waals surface area contributed by atoms with Crippen molar-refractivity contribution in [2.24, 2.45) is 5.73 Å². The molecule has 1 aromatic heterocycles. The quantitative estimate of drug-likeness (QED) is 0.882. The maximum absolute atomic E-state index is 6.08. The van der Waals surface area contributed by atoms with Crippen LogP contribution in [0.15, 0.2) is 30.6 Å². The first kappa shape index (κ1) is 15.9. The molecule has 0 aliphatic rings. The lowest BCUT2D eigenvalue weighted by Crippen LogP contribution is -2.07. The molecule has 0 unspecified atom stereocenters. The van der Waals surface area contributed by atoms with E-state index in [-0.39, 0.29) is 0 Å². The van der Waals surface area contributed by atoms with Gasteiger partial charge in [-0.2, -0.15) is 0 Å². The van der Waals surface area contributed by atoms with Crippen LogP contribution in [0.3, 0.4) is 0 Å². The summed E-state index contributed by atoms with van der Waals surface area (Å²) < 4.78 is 11.2. The van der Waals surface area contributed by atoms with Crippen molar-refractivity contribution in [3.05, 3.63) is 51.8 Å². The normalized spacial score (nSPS) is 10.5. The lowest BCUT2D eigenvalue weighted by Gasteiger charge is -2.16. The summed E-state index contributed by atoms with van der Waals surface area (Å²) >= 11 is 12.1. The number of nitrogens with two attached hydrogens (primary N) is 1. The van der Waals surface area contributed by atoms with E-state index in [1.165, 1.54) is 0 Å². The Balaban J connectivity index is 2.27. The Kier molecular flexibility index (Phi) is 5.67. The second kappa shape index (κ2) is 7.50. The van der Waals surface area contributed by atoms with Crippen molar-refractivity contribution in [3.8, 4) is 11.5 Å². The summed E-state index contributed by atoms with van der Waals surface area (Å²) in [5.74, 6) is 1.22. The zero-order chi connectivity index (χ0) is 15.2. The van der Waals surface area contributed by atoms with Gasteiger partial charge in [-0.25, -0.2) is 0 Å². The zero-order valence-corrected chi connectivity index (χ0v) is 13.1. The number of methoxy groups -OCH3 is 1. The highest BCUT2D eigenvalue weighted by Gasteiger charge is 2.13. The first-order chi connectivity index (χ1) is 10.2. The first-order valence-corrected chi connectivity index (χ1v) is 7.19. The number of halogens is 2. The summed E-state index contributed by atoms with van der Waals surface area (Å²) in [6.07, 6.45) is 3.90. The second-order valence-electron chi connectivity index (χ2n) is 4.39. The van der Waals surface area contributed by atoms with Gasteiger partial charge in [-0.05, 0) is 25.1 Å². The van der Waals surface area contributed by atoms with Crippen molar-refractivity contribution in [1.82, 2.24) is 4.98 Å². The van der Waals surface area contributed by atoms with E-state index in [1.54, 1.807) is 25.6 Å². The molecule has 0 saturated heterocycles. The van der Waals surface area contributed by atoms with E-state index in [0.29, 0.717) is 41.1 Å². The van der Waals surface area contributed by atoms with Crippen LogP contribution in [-0.2, 0) is 13.0 Å². The zero-order valence-electron chi connectivity index (χ0n) is 11.6. The molecule has 0 atom stereocenters. The summed E-state index contributed by atoms with van der Waals surface area (Å²) in [6.45, 7) is 0.812. The Labute approximate surface area is 133 Å². The van der Waals surface area contributed by atoms with E-state index < -0.39 is 0 Å². The van der Waals surface area contributed by atoms with E-state index in [4.69, 9.17) is 38.4 Å². The molecule has 0 radical (unpaired) electrons. The van der Waals surface area contributed by atoms with Gasteiger partial charge in [0, 0.05) is 34.6 Å². The van der Waals surface area contributed by atoms with Gasteiger partial charge >= 0.3 is 0 Å². The topological polar surface area (TPSA) is 57.4 Å². The van der Waals surface area contributed by atoms with Gasteiger partial charge in [0.2, 0.25) is 0 Å². The Hall–Kier alpha value is -1.49. The van der Waals surface area contributed by atoms with Crippen LogP contribution in [0.1, 0.15) is 11.1 Å². The Morgan fingerprint density at radius 2 is 2.05 bits per heavy atom. The third-order valence-electron chi connectivity index (χ3n) is 2.96. The molecule has 2 aromatic rings. The lowest BCUT2D eigenvalue weighted by atomic mass is 10.1. The Bertz CT molecular complexity index is 621. The SMILES string of the molecule is COc1cc(Cl)cc(CCN)c1OCc1ccncc1Cl. The predicted molar refractivity (Wildman–Crippen MR) is 84.3 cm³/mol. The summed E-state index contributed by atoms with van der Waals surface area (Å²) in [5.41, 5.74) is 7.39. The molecule has 21 heavy (non-hydrogen) atoms. The van der Waals surface area contributed by atoms with Crippen molar-refractivity contribution in [2.45, 2.75) is 13.0 Å². The van der Waals surface area contributed by atoms with Crippen LogP contribution in [0.5, 0.6) is 11.5 Å². The molecule has 0 aliphatic heterocycles. The van der Waals surface area contributed by atoms with Crippen molar-refractivity contribution >= 4 is 23.2 Å². The number of pyridine rings is 1. The van der Waals surface area contributed by atoms with Gasteiger partial charge in [0.15, 0.2) is 11.5 Å². The van der Waals surface area contributed by atoms with Crippen molar-refractivity contribution in [1.29, 1.82) is 0 Å². The molecular weight excluding hydrogens is 311 g/mol. The predicted octanol–water partition coefficient (Wildman–Crippen LogP) is 3.48. The third kappa shape index (κ3) is 4.00. The van der Waals surface area contributed by atoms with Crippen molar-refractivity contribution in [2.75, 3.05) is 13.7 Å². The van der Waals surface area contributed by atoms with Gasteiger partial charge < -0.3 is 15.2 Å². The van der Waals surface area contributed by atoms with E-state index in [1.807, 2.05) is 12.1 Å². The summed E-state index contributed by atoms with van der Waals surface area (Å²) in [5, 5.41) is 1.15. The van der Waals surface area contributed by atoms with Crippen molar-refractivity contribution in [3.63, 3.8) is 0 Å². The molecular formula is C15H16Cl2N2O2. The van der Waals surface area contributed by atoms with Gasteiger partial charge in [0.25, 0.3) is 0 Å². The largest absolute Gasteiger partial charge is 0.493 e. The fourth-order valence-electron chi connectivity index (χ4n) is 1.95. The van der Waals surface area contributed by atoms with E-state index in [0.717, 1.165) is 11.1 Å². The number of ether oxygens (including phenoxy) is 2. The number of hydrogen-bond donors (Lipinski definition) is 1. The number of hydrogen-bond acceptors (Lipinski definition) is 4. The highest BCUT2D eigenvalue weighted by Crippen LogP contribution is 2.35. The molecule has 0 spiro atoms. The van der Waals surface area contributed by atoms with Crippen LogP contribution in [0.25, 0.3) is 0 Å². The highest BCUT2D eigenvalue weighted by atomic mass is 35.5. The number of aromatic nitrogens is 1. The van der Waals surface area contributed by atoms with Crippen LogP contribution in [0, 0.1) is 0 Å². The van der Waals surface area contributed by atoms with Crippen LogP contribution < -0.4 is 15.2 Å². The standard InChI is InChI=1S/C15H16Cl2N2O2/c1-20-14-7-12(16)6-10(2-4-18)15(14)21-9-11-3-5-19-8-13(11)17/h3,5-8H,2,4,9,18H2,1H3. The average Bonchev–Trinajstić information content (AvgIpc) is 2.47. The van der Waals surface area contributed by atoms with E-state index >= 15 is 0 Å². The minimum Gasteiger partial charge on any atom is -0.493 e. The van der Waals surface area contributed by atoms with E-state index in [9.17, 15) is 0 Å². The van der Waals surface area contributed by atoms with Gasteiger partial charge in [0.1, 0.15) is 6.61 Å².